The number of hydrogen-bond donors (Lipinski definition) is 1. The Morgan fingerprint density at radius 2 is 1.79 bits per heavy atom. The molecule has 5 rings (SSSR count). The maximum atomic E-state index is 4.07. The lowest BCUT2D eigenvalue weighted by molar-refractivity contribution is 0.0360. The standard InChI is InChI=1S/C17H24N2/c1-2-5-15(6-3-1)17(9-4-10-17)18-16-13-19-11-7-14(16)8-12-19/h1-3,5-6,14,16,18H,4,7-13H2. The Hall–Kier alpha value is -0.860. The van der Waals surface area contributed by atoms with Gasteiger partial charge in [-0.25, -0.2) is 0 Å². The van der Waals surface area contributed by atoms with Crippen LogP contribution in [-0.2, 0) is 5.54 Å². The molecule has 1 aliphatic carbocycles. The fourth-order valence-corrected chi connectivity index (χ4v) is 4.29. The van der Waals surface area contributed by atoms with Crippen molar-refractivity contribution >= 4 is 0 Å². The van der Waals surface area contributed by atoms with Crippen LogP contribution in [0.15, 0.2) is 30.3 Å². The summed E-state index contributed by atoms with van der Waals surface area (Å²) in [5.41, 5.74) is 1.81. The van der Waals surface area contributed by atoms with Gasteiger partial charge in [-0.15, -0.1) is 0 Å². The first kappa shape index (κ1) is 11.9. The topological polar surface area (TPSA) is 15.3 Å². The molecule has 1 N–H and O–H groups in total. The van der Waals surface area contributed by atoms with Gasteiger partial charge in [0.1, 0.15) is 0 Å². The molecule has 2 nitrogen and oxygen atoms in total. The summed E-state index contributed by atoms with van der Waals surface area (Å²) in [4.78, 5) is 2.65. The van der Waals surface area contributed by atoms with Gasteiger partial charge in [-0.2, -0.15) is 0 Å². The first-order valence-electron chi connectivity index (χ1n) is 7.91. The van der Waals surface area contributed by atoms with Crippen molar-refractivity contribution in [1.82, 2.24) is 10.2 Å². The Morgan fingerprint density at radius 3 is 2.32 bits per heavy atom. The molecule has 3 heterocycles. The number of benzene rings is 1. The van der Waals surface area contributed by atoms with Crippen molar-refractivity contribution in [2.75, 3.05) is 19.6 Å². The molecule has 0 aromatic heterocycles. The fraction of sp³-hybridized carbons (Fsp3) is 0.647. The van der Waals surface area contributed by atoms with Gasteiger partial charge < -0.3 is 10.2 Å². The summed E-state index contributed by atoms with van der Waals surface area (Å²) >= 11 is 0. The Balaban J connectivity index is 1.54. The Bertz CT molecular complexity index is 430. The van der Waals surface area contributed by atoms with Gasteiger partial charge in [0.15, 0.2) is 0 Å². The molecule has 1 aromatic carbocycles. The molecule has 0 radical (unpaired) electrons. The van der Waals surface area contributed by atoms with Crippen molar-refractivity contribution in [3.05, 3.63) is 35.9 Å². The molecule has 1 unspecified atom stereocenters. The summed E-state index contributed by atoms with van der Waals surface area (Å²) in [5.74, 6) is 0.922. The van der Waals surface area contributed by atoms with Gasteiger partial charge in [-0.3, -0.25) is 0 Å². The lowest BCUT2D eigenvalue weighted by Gasteiger charge is -2.52. The van der Waals surface area contributed by atoms with Crippen LogP contribution in [0.2, 0.25) is 0 Å². The minimum absolute atomic E-state index is 0.296. The molecule has 2 heteroatoms. The van der Waals surface area contributed by atoms with Crippen LogP contribution < -0.4 is 5.32 Å². The minimum Gasteiger partial charge on any atom is -0.303 e. The average Bonchev–Trinajstić information content (AvgIpc) is 2.45. The van der Waals surface area contributed by atoms with Crippen LogP contribution >= 0.6 is 0 Å². The second-order valence-electron chi connectivity index (χ2n) is 6.69. The van der Waals surface area contributed by atoms with E-state index in [0.29, 0.717) is 5.54 Å². The zero-order valence-electron chi connectivity index (χ0n) is 11.6. The molecule has 1 aromatic rings. The van der Waals surface area contributed by atoms with Crippen molar-refractivity contribution in [3.8, 4) is 0 Å². The third-order valence-corrected chi connectivity index (χ3v) is 5.65. The van der Waals surface area contributed by atoms with E-state index in [4.69, 9.17) is 0 Å². The summed E-state index contributed by atoms with van der Waals surface area (Å²) < 4.78 is 0. The average molecular weight is 256 g/mol. The van der Waals surface area contributed by atoms with E-state index in [-0.39, 0.29) is 0 Å². The summed E-state index contributed by atoms with van der Waals surface area (Å²) in [5, 5.41) is 4.07. The van der Waals surface area contributed by atoms with Gasteiger partial charge in [-0.1, -0.05) is 30.3 Å². The van der Waals surface area contributed by atoms with E-state index >= 15 is 0 Å². The number of nitrogens with one attached hydrogen (secondary N) is 1. The zero-order chi connectivity index (χ0) is 12.7. The summed E-state index contributed by atoms with van der Waals surface area (Å²) in [6.45, 7) is 3.95. The van der Waals surface area contributed by atoms with E-state index in [0.717, 1.165) is 12.0 Å². The molecule has 0 amide bonds. The smallest absolute Gasteiger partial charge is 0.0437 e. The summed E-state index contributed by atoms with van der Waals surface area (Å²) in [6.07, 6.45) is 6.83. The van der Waals surface area contributed by atoms with E-state index in [9.17, 15) is 0 Å². The van der Waals surface area contributed by atoms with E-state index in [1.165, 1.54) is 57.3 Å². The first-order chi connectivity index (χ1) is 9.36. The molecule has 4 fully saturated rings. The fourth-order valence-electron chi connectivity index (χ4n) is 4.29. The SMILES string of the molecule is c1ccc(C2(NC3CN4CCC3CC4)CCC2)cc1. The van der Waals surface area contributed by atoms with E-state index in [2.05, 4.69) is 40.5 Å². The van der Waals surface area contributed by atoms with Gasteiger partial charge >= 0.3 is 0 Å². The zero-order valence-corrected chi connectivity index (χ0v) is 11.6. The van der Waals surface area contributed by atoms with Crippen LogP contribution in [0.1, 0.15) is 37.7 Å². The monoisotopic (exact) mass is 256 g/mol. The molecule has 19 heavy (non-hydrogen) atoms. The van der Waals surface area contributed by atoms with Crippen LogP contribution in [-0.4, -0.2) is 30.6 Å². The summed E-state index contributed by atoms with van der Waals surface area (Å²) in [6, 6.07) is 11.9. The molecule has 3 aliphatic heterocycles. The Morgan fingerprint density at radius 1 is 1.05 bits per heavy atom. The van der Waals surface area contributed by atoms with Crippen molar-refractivity contribution < 1.29 is 0 Å². The third-order valence-electron chi connectivity index (χ3n) is 5.65. The lowest BCUT2D eigenvalue weighted by atomic mass is 9.70. The first-order valence-corrected chi connectivity index (χ1v) is 7.91. The van der Waals surface area contributed by atoms with Gasteiger partial charge in [0.25, 0.3) is 0 Å². The van der Waals surface area contributed by atoms with Crippen molar-refractivity contribution in [3.63, 3.8) is 0 Å². The van der Waals surface area contributed by atoms with Gasteiger partial charge in [0, 0.05) is 18.1 Å². The molecule has 102 valence electrons. The van der Waals surface area contributed by atoms with Crippen molar-refractivity contribution in [2.24, 2.45) is 5.92 Å². The molecule has 3 saturated heterocycles. The van der Waals surface area contributed by atoms with Crippen LogP contribution in [0.5, 0.6) is 0 Å². The van der Waals surface area contributed by atoms with Crippen molar-refractivity contribution in [1.29, 1.82) is 0 Å². The molecule has 0 spiro atoms. The lowest BCUT2D eigenvalue weighted by Crippen LogP contribution is -2.62. The number of nitrogens with zero attached hydrogens (tertiary/aromatic N) is 1. The highest BCUT2D eigenvalue weighted by atomic mass is 15.2. The summed E-state index contributed by atoms with van der Waals surface area (Å²) in [7, 11) is 0. The van der Waals surface area contributed by atoms with Gasteiger partial charge in [-0.05, 0) is 56.7 Å². The van der Waals surface area contributed by atoms with E-state index < -0.39 is 0 Å². The van der Waals surface area contributed by atoms with Gasteiger partial charge in [0.2, 0.25) is 0 Å². The Labute approximate surface area is 116 Å². The Kier molecular flexibility index (Phi) is 2.89. The maximum absolute atomic E-state index is 4.07. The second-order valence-corrected chi connectivity index (χ2v) is 6.69. The van der Waals surface area contributed by atoms with Gasteiger partial charge in [0.05, 0.1) is 0 Å². The molecule has 1 atom stereocenters. The van der Waals surface area contributed by atoms with Crippen molar-refractivity contribution in [2.45, 2.75) is 43.7 Å². The third kappa shape index (κ3) is 2.02. The van der Waals surface area contributed by atoms with Crippen LogP contribution in [0.4, 0.5) is 0 Å². The second kappa shape index (κ2) is 4.60. The minimum atomic E-state index is 0.296. The highest BCUT2D eigenvalue weighted by Gasteiger charge is 2.43. The number of fused-ring (bicyclic) bond motifs is 3. The van der Waals surface area contributed by atoms with E-state index in [1.807, 2.05) is 0 Å². The van der Waals surface area contributed by atoms with Crippen LogP contribution in [0, 0.1) is 5.92 Å². The largest absolute Gasteiger partial charge is 0.303 e. The quantitative estimate of drug-likeness (QED) is 0.894. The predicted molar refractivity (Wildman–Crippen MR) is 78.1 cm³/mol. The molecular formula is C17H24N2. The maximum Gasteiger partial charge on any atom is 0.0437 e. The number of rotatable bonds is 3. The van der Waals surface area contributed by atoms with E-state index in [1.54, 1.807) is 0 Å². The molecule has 1 saturated carbocycles. The predicted octanol–water partition coefficient (Wildman–Crippen LogP) is 2.75. The number of piperidine rings is 3. The number of hydrogen-bond acceptors (Lipinski definition) is 2. The molecule has 2 bridgehead atoms. The molecular weight excluding hydrogens is 232 g/mol. The highest BCUT2D eigenvalue weighted by Crippen LogP contribution is 2.43. The van der Waals surface area contributed by atoms with Crippen LogP contribution in [0.25, 0.3) is 0 Å². The molecule has 4 aliphatic rings. The normalized spacial score (nSPS) is 35.9. The van der Waals surface area contributed by atoms with Crippen LogP contribution in [0.3, 0.4) is 0 Å². The highest BCUT2D eigenvalue weighted by molar-refractivity contribution is 5.27.